The monoisotopic (exact) mass is 388 g/mol. The Hall–Kier alpha value is -0.810. The van der Waals surface area contributed by atoms with Gasteiger partial charge in [0.1, 0.15) is 30.3 Å². The van der Waals surface area contributed by atoms with E-state index in [0.29, 0.717) is 6.61 Å². The minimum Gasteiger partial charge on any atom is -0.466 e. The maximum atomic E-state index is 12.6. The van der Waals surface area contributed by atoms with Crippen LogP contribution >= 0.6 is 0 Å². The van der Waals surface area contributed by atoms with Crippen molar-refractivity contribution in [1.82, 2.24) is 0 Å². The molecule has 9 nitrogen and oxygen atoms in total. The molecule has 0 aromatic heterocycles. The van der Waals surface area contributed by atoms with Gasteiger partial charge >= 0.3 is 5.97 Å². The highest BCUT2D eigenvalue weighted by molar-refractivity contribution is 5.75. The highest BCUT2D eigenvalue weighted by Gasteiger charge is 2.73. The Morgan fingerprint density at radius 3 is 2.37 bits per heavy atom. The van der Waals surface area contributed by atoms with Crippen molar-refractivity contribution in [2.24, 2.45) is 5.92 Å². The molecule has 0 aromatic rings. The van der Waals surface area contributed by atoms with E-state index in [4.69, 9.17) is 33.2 Å². The standard InChI is InChI=1S/C18H28O9/c1-6-21-15(20)11-9(19)7-23-18(11)14-13(25-17(4,5)27-14)12(26-18)10-8-22-16(2,3)24-10/h9-14,19H,6-8H2,1-5H3/t9-,10+,11-,12+,13+,14+,18+/m0/s1. The van der Waals surface area contributed by atoms with Crippen LogP contribution in [0.15, 0.2) is 0 Å². The minimum absolute atomic E-state index is 0.0588. The third-order valence-electron chi connectivity index (χ3n) is 5.41. The summed E-state index contributed by atoms with van der Waals surface area (Å²) in [7, 11) is 0. The fraction of sp³-hybridized carbons (Fsp3) is 0.944. The average molecular weight is 388 g/mol. The van der Waals surface area contributed by atoms with E-state index in [1.807, 2.05) is 13.8 Å². The Bertz CT molecular complexity index is 606. The average Bonchev–Trinajstić information content (AvgIpc) is 3.24. The number of carbonyl (C=O) groups is 1. The fourth-order valence-electron chi connectivity index (χ4n) is 4.44. The number of aliphatic hydroxyl groups excluding tert-OH is 1. The van der Waals surface area contributed by atoms with Gasteiger partial charge in [0, 0.05) is 0 Å². The van der Waals surface area contributed by atoms with Crippen LogP contribution in [-0.2, 0) is 38.0 Å². The van der Waals surface area contributed by atoms with Crippen molar-refractivity contribution in [1.29, 1.82) is 0 Å². The first-order valence-electron chi connectivity index (χ1n) is 9.42. The number of rotatable bonds is 3. The summed E-state index contributed by atoms with van der Waals surface area (Å²) in [6.07, 6.45) is -3.32. The molecule has 7 atom stereocenters. The number of hydrogen-bond acceptors (Lipinski definition) is 9. The van der Waals surface area contributed by atoms with E-state index in [0.717, 1.165) is 0 Å². The van der Waals surface area contributed by atoms with Gasteiger partial charge in [0.2, 0.25) is 5.79 Å². The van der Waals surface area contributed by atoms with Crippen LogP contribution in [0.1, 0.15) is 34.6 Å². The summed E-state index contributed by atoms with van der Waals surface area (Å²) in [4.78, 5) is 12.6. The zero-order valence-electron chi connectivity index (χ0n) is 16.3. The number of carbonyl (C=O) groups excluding carboxylic acids is 1. The smallest absolute Gasteiger partial charge is 0.317 e. The molecule has 0 radical (unpaired) electrons. The first-order valence-corrected chi connectivity index (χ1v) is 9.42. The van der Waals surface area contributed by atoms with E-state index >= 15 is 0 Å². The predicted molar refractivity (Wildman–Crippen MR) is 88.4 cm³/mol. The lowest BCUT2D eigenvalue weighted by atomic mass is 9.90. The first kappa shape index (κ1) is 19.5. The molecule has 4 rings (SSSR count). The highest BCUT2D eigenvalue weighted by Crippen LogP contribution is 2.53. The molecule has 1 spiro atoms. The summed E-state index contributed by atoms with van der Waals surface area (Å²) in [5.74, 6) is -4.76. The molecule has 0 unspecified atom stereocenters. The Morgan fingerprint density at radius 2 is 1.74 bits per heavy atom. The molecule has 1 N–H and O–H groups in total. The van der Waals surface area contributed by atoms with Crippen molar-refractivity contribution < 1.29 is 43.1 Å². The van der Waals surface area contributed by atoms with Gasteiger partial charge in [-0.25, -0.2) is 0 Å². The van der Waals surface area contributed by atoms with Crippen molar-refractivity contribution in [2.75, 3.05) is 19.8 Å². The van der Waals surface area contributed by atoms with Crippen LogP contribution in [0.5, 0.6) is 0 Å². The molecular weight excluding hydrogens is 360 g/mol. The Morgan fingerprint density at radius 1 is 1.00 bits per heavy atom. The number of ether oxygens (including phenoxy) is 7. The number of hydrogen-bond donors (Lipinski definition) is 1. The molecule has 4 saturated heterocycles. The van der Waals surface area contributed by atoms with Crippen molar-refractivity contribution in [3.8, 4) is 0 Å². The van der Waals surface area contributed by atoms with Crippen LogP contribution in [0.25, 0.3) is 0 Å². The normalized spacial score (nSPS) is 47.5. The Labute approximate surface area is 158 Å². The molecule has 0 saturated carbocycles. The molecule has 9 heteroatoms. The molecule has 0 aliphatic carbocycles. The van der Waals surface area contributed by atoms with Gasteiger partial charge in [-0.15, -0.1) is 0 Å². The lowest BCUT2D eigenvalue weighted by molar-refractivity contribution is -0.299. The number of esters is 1. The van der Waals surface area contributed by atoms with E-state index in [2.05, 4.69) is 0 Å². The van der Waals surface area contributed by atoms with Gasteiger partial charge in [0.15, 0.2) is 11.6 Å². The topological polar surface area (TPSA) is 102 Å². The molecule has 0 amide bonds. The summed E-state index contributed by atoms with van der Waals surface area (Å²) in [5.41, 5.74) is 0. The molecule has 0 aromatic carbocycles. The summed E-state index contributed by atoms with van der Waals surface area (Å²) in [5, 5.41) is 10.4. The molecule has 4 fully saturated rings. The van der Waals surface area contributed by atoms with E-state index in [1.54, 1.807) is 20.8 Å². The van der Waals surface area contributed by atoms with Gasteiger partial charge in [0.05, 0.1) is 25.9 Å². The van der Waals surface area contributed by atoms with Crippen LogP contribution in [0.4, 0.5) is 0 Å². The minimum atomic E-state index is -1.50. The van der Waals surface area contributed by atoms with E-state index in [1.165, 1.54) is 0 Å². The van der Waals surface area contributed by atoms with E-state index in [-0.39, 0.29) is 13.2 Å². The quantitative estimate of drug-likeness (QED) is 0.685. The lowest BCUT2D eigenvalue weighted by Gasteiger charge is -2.34. The highest BCUT2D eigenvalue weighted by atomic mass is 16.8. The van der Waals surface area contributed by atoms with Crippen LogP contribution in [-0.4, -0.2) is 78.8 Å². The molecule has 154 valence electrons. The van der Waals surface area contributed by atoms with Crippen molar-refractivity contribution in [3.63, 3.8) is 0 Å². The van der Waals surface area contributed by atoms with Gasteiger partial charge < -0.3 is 38.3 Å². The zero-order valence-corrected chi connectivity index (χ0v) is 16.3. The SMILES string of the molecule is CCOC(=O)[C@@H]1[C@@H](O)CO[C@@]12O[C@H]([C@H]1COC(C)(C)O1)[C@H]1OC(C)(C)O[C@H]12. The van der Waals surface area contributed by atoms with Gasteiger partial charge in [-0.2, -0.15) is 0 Å². The molecule has 27 heavy (non-hydrogen) atoms. The van der Waals surface area contributed by atoms with Crippen molar-refractivity contribution in [2.45, 2.75) is 82.5 Å². The van der Waals surface area contributed by atoms with Gasteiger partial charge in [0.25, 0.3) is 0 Å². The van der Waals surface area contributed by atoms with Crippen LogP contribution in [0.2, 0.25) is 0 Å². The van der Waals surface area contributed by atoms with Crippen LogP contribution in [0, 0.1) is 5.92 Å². The fourth-order valence-corrected chi connectivity index (χ4v) is 4.44. The predicted octanol–water partition coefficient (Wildman–Crippen LogP) is 0.324. The zero-order chi connectivity index (χ0) is 19.6. The number of fused-ring (bicyclic) bond motifs is 2. The molecule has 0 bridgehead atoms. The van der Waals surface area contributed by atoms with Crippen molar-refractivity contribution >= 4 is 5.97 Å². The van der Waals surface area contributed by atoms with Gasteiger partial charge in [-0.3, -0.25) is 4.79 Å². The maximum Gasteiger partial charge on any atom is 0.317 e. The van der Waals surface area contributed by atoms with Crippen LogP contribution in [0.3, 0.4) is 0 Å². The maximum absolute atomic E-state index is 12.6. The largest absolute Gasteiger partial charge is 0.466 e. The second-order valence-corrected chi connectivity index (χ2v) is 8.30. The Kier molecular flexibility index (Phi) is 4.59. The summed E-state index contributed by atoms with van der Waals surface area (Å²) < 4.78 is 41.1. The summed E-state index contributed by atoms with van der Waals surface area (Å²) >= 11 is 0. The second kappa shape index (κ2) is 6.35. The van der Waals surface area contributed by atoms with Gasteiger partial charge in [-0.1, -0.05) is 0 Å². The Balaban J connectivity index is 1.67. The number of aliphatic hydroxyl groups is 1. The molecule has 4 heterocycles. The molecule has 4 aliphatic heterocycles. The third kappa shape index (κ3) is 3.09. The summed E-state index contributed by atoms with van der Waals surface area (Å²) in [6.45, 7) is 9.37. The summed E-state index contributed by atoms with van der Waals surface area (Å²) in [6, 6.07) is 0. The molecule has 4 aliphatic rings. The molecular formula is C18H28O9. The second-order valence-electron chi connectivity index (χ2n) is 8.30. The van der Waals surface area contributed by atoms with Crippen molar-refractivity contribution in [3.05, 3.63) is 0 Å². The van der Waals surface area contributed by atoms with E-state index in [9.17, 15) is 9.90 Å². The van der Waals surface area contributed by atoms with E-state index < -0.39 is 59.8 Å². The van der Waals surface area contributed by atoms with Gasteiger partial charge in [-0.05, 0) is 34.6 Å². The lowest BCUT2D eigenvalue weighted by Crippen LogP contribution is -2.52. The third-order valence-corrected chi connectivity index (χ3v) is 5.41. The first-order chi connectivity index (χ1) is 12.6. The van der Waals surface area contributed by atoms with Crippen LogP contribution < -0.4 is 0 Å².